The van der Waals surface area contributed by atoms with Gasteiger partial charge in [-0.1, -0.05) is 33.1 Å². The molecule has 4 heteroatoms. The van der Waals surface area contributed by atoms with E-state index in [4.69, 9.17) is 9.47 Å². The average Bonchev–Trinajstić information content (AvgIpc) is 2.66. The van der Waals surface area contributed by atoms with Crippen molar-refractivity contribution in [3.8, 4) is 22.8 Å². The highest BCUT2D eigenvalue weighted by molar-refractivity contribution is 5.60. The van der Waals surface area contributed by atoms with E-state index in [1.807, 2.05) is 36.4 Å². The lowest BCUT2D eigenvalue weighted by atomic mass is 10.1. The molecule has 0 aliphatic heterocycles. The summed E-state index contributed by atoms with van der Waals surface area (Å²) >= 11 is 0. The minimum absolute atomic E-state index is 0.0881. The zero-order chi connectivity index (χ0) is 17.9. The predicted molar refractivity (Wildman–Crippen MR) is 100.0 cm³/mol. The van der Waals surface area contributed by atoms with Crippen LogP contribution in [-0.4, -0.2) is 24.4 Å². The Morgan fingerprint density at radius 2 is 1.64 bits per heavy atom. The number of ether oxygens (including phenoxy) is 2. The van der Waals surface area contributed by atoms with Crippen LogP contribution in [0.1, 0.15) is 46.0 Å². The van der Waals surface area contributed by atoms with Crippen LogP contribution in [-0.2, 0) is 0 Å². The summed E-state index contributed by atoms with van der Waals surface area (Å²) < 4.78 is 24.7. The first-order valence-corrected chi connectivity index (χ1v) is 9.19. The van der Waals surface area contributed by atoms with Crippen molar-refractivity contribution in [3.05, 3.63) is 42.6 Å². The van der Waals surface area contributed by atoms with E-state index in [0.717, 1.165) is 49.3 Å². The molecule has 1 aromatic carbocycles. The van der Waals surface area contributed by atoms with Crippen molar-refractivity contribution < 1.29 is 13.9 Å². The second-order valence-electron chi connectivity index (χ2n) is 6.16. The first-order valence-electron chi connectivity index (χ1n) is 9.19. The van der Waals surface area contributed by atoms with Crippen LogP contribution < -0.4 is 9.47 Å². The van der Waals surface area contributed by atoms with E-state index in [1.54, 1.807) is 6.20 Å². The smallest absolute Gasteiger partial charge is 0.137 e. The minimum atomic E-state index is -0.917. The van der Waals surface area contributed by atoms with Crippen LogP contribution in [0.15, 0.2) is 42.6 Å². The summed E-state index contributed by atoms with van der Waals surface area (Å²) in [6, 6.07) is 11.6. The van der Waals surface area contributed by atoms with Gasteiger partial charge in [0.25, 0.3) is 0 Å². The van der Waals surface area contributed by atoms with Crippen molar-refractivity contribution in [1.82, 2.24) is 4.98 Å². The number of aromatic nitrogens is 1. The maximum atomic E-state index is 13.6. The number of rotatable bonds is 11. The second kappa shape index (κ2) is 10.7. The van der Waals surface area contributed by atoms with Gasteiger partial charge in [-0.15, -0.1) is 0 Å². The molecule has 0 saturated carbocycles. The third kappa shape index (κ3) is 6.73. The molecule has 0 aliphatic rings. The molecule has 2 aromatic rings. The van der Waals surface area contributed by atoms with Gasteiger partial charge in [0.1, 0.15) is 24.3 Å². The van der Waals surface area contributed by atoms with Crippen LogP contribution in [0.4, 0.5) is 4.39 Å². The molecular weight excluding hydrogens is 317 g/mol. The number of pyridine rings is 1. The van der Waals surface area contributed by atoms with Gasteiger partial charge in [-0.05, 0) is 49.2 Å². The Kier molecular flexibility index (Phi) is 8.23. The number of halogens is 1. The fourth-order valence-electron chi connectivity index (χ4n) is 2.39. The SMILES string of the molecule is CCCCOc1ccc(-c2ccc(OCC(F)CCCC)cn2)cc1. The topological polar surface area (TPSA) is 31.4 Å². The highest BCUT2D eigenvalue weighted by atomic mass is 19.1. The zero-order valence-corrected chi connectivity index (χ0v) is 15.2. The number of unbranched alkanes of at least 4 members (excludes halogenated alkanes) is 2. The molecule has 2 rings (SSSR count). The fraction of sp³-hybridized carbons (Fsp3) is 0.476. The van der Waals surface area contributed by atoms with Gasteiger partial charge in [0.05, 0.1) is 18.5 Å². The number of alkyl halides is 1. The van der Waals surface area contributed by atoms with Gasteiger partial charge in [-0.3, -0.25) is 4.98 Å². The lowest BCUT2D eigenvalue weighted by molar-refractivity contribution is 0.184. The molecule has 3 nitrogen and oxygen atoms in total. The maximum absolute atomic E-state index is 13.6. The van der Waals surface area contributed by atoms with E-state index in [1.165, 1.54) is 0 Å². The van der Waals surface area contributed by atoms with E-state index in [2.05, 4.69) is 18.8 Å². The summed E-state index contributed by atoms with van der Waals surface area (Å²) in [7, 11) is 0. The van der Waals surface area contributed by atoms with E-state index >= 15 is 0 Å². The number of benzene rings is 1. The Hall–Kier alpha value is -2.10. The van der Waals surface area contributed by atoms with Crippen molar-refractivity contribution in [3.63, 3.8) is 0 Å². The first-order chi connectivity index (χ1) is 12.2. The summed E-state index contributed by atoms with van der Waals surface area (Å²) in [6.07, 6.45) is 5.35. The molecule has 25 heavy (non-hydrogen) atoms. The minimum Gasteiger partial charge on any atom is -0.494 e. The van der Waals surface area contributed by atoms with Gasteiger partial charge in [-0.25, -0.2) is 4.39 Å². The average molecular weight is 345 g/mol. The first kappa shape index (κ1) is 19.2. The highest BCUT2D eigenvalue weighted by Gasteiger charge is 2.07. The Morgan fingerprint density at radius 3 is 2.28 bits per heavy atom. The molecule has 0 amide bonds. The van der Waals surface area contributed by atoms with Crippen molar-refractivity contribution in [2.75, 3.05) is 13.2 Å². The Bertz CT molecular complexity index is 598. The molecule has 1 unspecified atom stereocenters. The van der Waals surface area contributed by atoms with Crippen LogP contribution in [0.3, 0.4) is 0 Å². The molecule has 136 valence electrons. The standard InChI is InChI=1S/C21H28FNO2/c1-3-5-7-18(22)16-25-20-12-13-21(23-15-20)17-8-10-19(11-9-17)24-14-6-4-2/h8-13,15,18H,3-7,14,16H2,1-2H3. The van der Waals surface area contributed by atoms with E-state index in [-0.39, 0.29) is 6.61 Å². The van der Waals surface area contributed by atoms with Gasteiger partial charge < -0.3 is 9.47 Å². The van der Waals surface area contributed by atoms with Gasteiger partial charge in [0, 0.05) is 5.56 Å². The lowest BCUT2D eigenvalue weighted by Crippen LogP contribution is -2.12. The van der Waals surface area contributed by atoms with Crippen molar-refractivity contribution in [2.45, 2.75) is 52.1 Å². The van der Waals surface area contributed by atoms with Crippen LogP contribution in [0.25, 0.3) is 11.3 Å². The molecule has 0 aliphatic carbocycles. The van der Waals surface area contributed by atoms with Gasteiger partial charge >= 0.3 is 0 Å². The largest absolute Gasteiger partial charge is 0.494 e. The predicted octanol–water partition coefficient (Wildman–Crippen LogP) is 5.83. The van der Waals surface area contributed by atoms with Crippen molar-refractivity contribution >= 4 is 0 Å². The third-order valence-electron chi connectivity index (χ3n) is 3.95. The zero-order valence-electron chi connectivity index (χ0n) is 15.2. The van der Waals surface area contributed by atoms with Crippen molar-refractivity contribution in [1.29, 1.82) is 0 Å². The molecule has 0 spiro atoms. The van der Waals surface area contributed by atoms with Crippen LogP contribution in [0.2, 0.25) is 0 Å². The highest BCUT2D eigenvalue weighted by Crippen LogP contribution is 2.22. The Labute approximate surface area is 150 Å². The van der Waals surface area contributed by atoms with E-state index in [9.17, 15) is 4.39 Å². The number of hydrogen-bond acceptors (Lipinski definition) is 3. The molecule has 0 bridgehead atoms. The molecule has 1 atom stereocenters. The van der Waals surface area contributed by atoms with E-state index in [0.29, 0.717) is 12.2 Å². The van der Waals surface area contributed by atoms with Gasteiger partial charge in [0.15, 0.2) is 0 Å². The van der Waals surface area contributed by atoms with Gasteiger partial charge in [-0.2, -0.15) is 0 Å². The quantitative estimate of drug-likeness (QED) is 0.480. The third-order valence-corrected chi connectivity index (χ3v) is 3.95. The Morgan fingerprint density at radius 1 is 0.920 bits per heavy atom. The number of nitrogens with zero attached hydrogens (tertiary/aromatic N) is 1. The van der Waals surface area contributed by atoms with Gasteiger partial charge in [0.2, 0.25) is 0 Å². The monoisotopic (exact) mass is 345 g/mol. The van der Waals surface area contributed by atoms with Crippen molar-refractivity contribution in [2.24, 2.45) is 0 Å². The van der Waals surface area contributed by atoms with Crippen LogP contribution in [0, 0.1) is 0 Å². The van der Waals surface area contributed by atoms with Crippen LogP contribution in [0.5, 0.6) is 11.5 Å². The normalized spacial score (nSPS) is 12.0. The molecule has 0 saturated heterocycles. The maximum Gasteiger partial charge on any atom is 0.137 e. The molecule has 1 heterocycles. The molecule has 0 radical (unpaired) electrons. The van der Waals surface area contributed by atoms with Crippen LogP contribution >= 0.6 is 0 Å². The number of hydrogen-bond donors (Lipinski definition) is 0. The fourth-order valence-corrected chi connectivity index (χ4v) is 2.39. The molecule has 0 fully saturated rings. The summed E-state index contributed by atoms with van der Waals surface area (Å²) in [5, 5.41) is 0. The second-order valence-corrected chi connectivity index (χ2v) is 6.16. The summed E-state index contributed by atoms with van der Waals surface area (Å²) in [4.78, 5) is 4.41. The summed E-state index contributed by atoms with van der Waals surface area (Å²) in [5.41, 5.74) is 1.87. The summed E-state index contributed by atoms with van der Waals surface area (Å²) in [5.74, 6) is 1.47. The Balaban J connectivity index is 1.86. The van der Waals surface area contributed by atoms with E-state index < -0.39 is 6.17 Å². The molecule has 0 N–H and O–H groups in total. The summed E-state index contributed by atoms with van der Waals surface area (Å²) in [6.45, 7) is 5.03. The molecule has 1 aromatic heterocycles. The lowest BCUT2D eigenvalue weighted by Gasteiger charge is -2.10. The molecular formula is C21H28FNO2.